The fourth-order valence-corrected chi connectivity index (χ4v) is 2.33. The van der Waals surface area contributed by atoms with E-state index in [4.69, 9.17) is 4.11 Å². The predicted molar refractivity (Wildman–Crippen MR) is 80.2 cm³/mol. The van der Waals surface area contributed by atoms with Gasteiger partial charge in [-0.3, -0.25) is 9.00 Å². The van der Waals surface area contributed by atoms with Crippen LogP contribution in [0.3, 0.4) is 0 Å². The van der Waals surface area contributed by atoms with Crippen LogP contribution < -0.4 is 10.6 Å². The minimum absolute atomic E-state index is 0.0458. The average molecular weight is 344 g/mol. The second-order valence-electron chi connectivity index (χ2n) is 4.22. The predicted octanol–water partition coefficient (Wildman–Crippen LogP) is 1.65. The molecule has 0 fully saturated rings. The second-order valence-corrected chi connectivity index (χ2v) is 5.56. The maximum atomic E-state index is 12.9. The van der Waals surface area contributed by atoms with E-state index in [0.29, 0.717) is 0 Å². The van der Waals surface area contributed by atoms with Crippen molar-refractivity contribution in [1.29, 1.82) is 0 Å². The number of hydrogen-bond acceptors (Lipinski definition) is 6. The molecule has 1 unspecified atom stereocenters. The van der Waals surface area contributed by atoms with E-state index < -0.39 is 41.5 Å². The summed E-state index contributed by atoms with van der Waals surface area (Å²) in [5.41, 5.74) is -1.50. The molecule has 0 saturated heterocycles. The molecule has 23 heavy (non-hydrogen) atoms. The highest BCUT2D eigenvalue weighted by Crippen LogP contribution is 2.26. The smallest absolute Gasteiger partial charge is 0.282 e. The Morgan fingerprint density at radius 2 is 2.22 bits per heavy atom. The van der Waals surface area contributed by atoms with E-state index >= 15 is 0 Å². The number of carbonyl (C=O) groups excluding carboxylic acids is 1. The molecule has 0 spiro atoms. The summed E-state index contributed by atoms with van der Waals surface area (Å²) in [4.78, 5) is 16.3. The van der Waals surface area contributed by atoms with Crippen LogP contribution in [0.15, 0.2) is 29.3 Å². The Morgan fingerprint density at radius 1 is 1.43 bits per heavy atom. The largest absolute Gasteiger partial charge is 0.354 e. The molecular formula is C13H13F2N5O2S. The van der Waals surface area contributed by atoms with E-state index in [1.165, 1.54) is 24.6 Å². The van der Waals surface area contributed by atoms with Gasteiger partial charge < -0.3 is 10.6 Å². The van der Waals surface area contributed by atoms with E-state index in [9.17, 15) is 17.8 Å². The Kier molecular flexibility index (Phi) is 4.06. The Labute approximate surface area is 137 Å². The molecule has 10 heteroatoms. The van der Waals surface area contributed by atoms with Crippen molar-refractivity contribution in [1.82, 2.24) is 20.5 Å². The van der Waals surface area contributed by atoms with Gasteiger partial charge in [0.05, 0.1) is 21.4 Å². The number of pyridine rings is 1. The van der Waals surface area contributed by atoms with E-state index in [0.717, 1.165) is 6.07 Å². The standard InChI is InChI=1S/C13H13F2N5O2S/c1-16-13(21)10-7(6-8(11(14)15)19-20-10)18-12-9(23(2)22)4-3-5-17-12/h3-6,11H,1-2H3,(H,16,21)(H,17,18,19)/i1D3. The molecule has 0 aliphatic rings. The van der Waals surface area contributed by atoms with Gasteiger partial charge in [0, 0.05) is 23.5 Å². The molecule has 7 nitrogen and oxygen atoms in total. The van der Waals surface area contributed by atoms with Gasteiger partial charge in [-0.05, 0) is 18.2 Å². The van der Waals surface area contributed by atoms with Crippen LogP contribution in [0.4, 0.5) is 20.3 Å². The summed E-state index contributed by atoms with van der Waals surface area (Å²) in [5.74, 6) is -1.10. The molecule has 0 radical (unpaired) electrons. The summed E-state index contributed by atoms with van der Waals surface area (Å²) in [5, 5.41) is 10.9. The number of alkyl halides is 2. The summed E-state index contributed by atoms with van der Waals surface area (Å²) in [7, 11) is -1.46. The third-order valence-corrected chi connectivity index (χ3v) is 3.65. The molecule has 0 aliphatic heterocycles. The third-order valence-electron chi connectivity index (χ3n) is 2.70. The fourth-order valence-electron chi connectivity index (χ4n) is 1.68. The molecule has 0 saturated carbocycles. The lowest BCUT2D eigenvalue weighted by molar-refractivity contribution is 0.0956. The fraction of sp³-hybridized carbons (Fsp3) is 0.231. The monoisotopic (exact) mass is 344 g/mol. The second kappa shape index (κ2) is 7.18. The molecule has 2 N–H and O–H groups in total. The highest BCUT2D eigenvalue weighted by Gasteiger charge is 2.19. The van der Waals surface area contributed by atoms with Gasteiger partial charge in [0.2, 0.25) is 0 Å². The van der Waals surface area contributed by atoms with Crippen LogP contribution in [-0.2, 0) is 10.8 Å². The van der Waals surface area contributed by atoms with Gasteiger partial charge >= 0.3 is 0 Å². The van der Waals surface area contributed by atoms with Crippen molar-refractivity contribution in [3.05, 3.63) is 35.8 Å². The highest BCUT2D eigenvalue weighted by molar-refractivity contribution is 7.84. The number of amides is 1. The minimum atomic E-state index is -2.97. The zero-order valence-corrected chi connectivity index (χ0v) is 12.5. The van der Waals surface area contributed by atoms with Gasteiger partial charge in [-0.2, -0.15) is 0 Å². The molecule has 0 aliphatic carbocycles. The van der Waals surface area contributed by atoms with Crippen molar-refractivity contribution < 1.29 is 21.9 Å². The van der Waals surface area contributed by atoms with Gasteiger partial charge in [0.15, 0.2) is 5.69 Å². The highest BCUT2D eigenvalue weighted by atomic mass is 32.2. The SMILES string of the molecule is [2H]C([2H])([2H])NC(=O)c1nnc(C(F)F)cc1Nc1ncccc1S(C)=O. The van der Waals surface area contributed by atoms with Crippen molar-refractivity contribution in [2.45, 2.75) is 11.3 Å². The number of rotatable bonds is 5. The van der Waals surface area contributed by atoms with Crippen LogP contribution >= 0.6 is 0 Å². The summed E-state index contributed by atoms with van der Waals surface area (Å²) in [6, 6.07) is 3.87. The van der Waals surface area contributed by atoms with E-state index in [2.05, 4.69) is 20.5 Å². The molecular weight excluding hydrogens is 328 g/mol. The van der Waals surface area contributed by atoms with Gasteiger partial charge in [-0.1, -0.05) is 0 Å². The van der Waals surface area contributed by atoms with Gasteiger partial charge in [0.25, 0.3) is 12.3 Å². The number of nitrogens with one attached hydrogen (secondary N) is 2. The minimum Gasteiger partial charge on any atom is -0.354 e. The Morgan fingerprint density at radius 3 is 2.87 bits per heavy atom. The van der Waals surface area contributed by atoms with Crippen LogP contribution in [0.2, 0.25) is 0 Å². The lowest BCUT2D eigenvalue weighted by Crippen LogP contribution is -2.22. The maximum absolute atomic E-state index is 12.9. The molecule has 1 amide bonds. The van der Waals surface area contributed by atoms with Crippen LogP contribution in [0, 0.1) is 0 Å². The van der Waals surface area contributed by atoms with Crippen LogP contribution in [0.25, 0.3) is 0 Å². The van der Waals surface area contributed by atoms with Crippen molar-refractivity contribution >= 4 is 28.2 Å². The van der Waals surface area contributed by atoms with Gasteiger partial charge in [0.1, 0.15) is 11.5 Å². The molecule has 2 aromatic rings. The summed E-state index contributed by atoms with van der Waals surface area (Å²) >= 11 is 0. The number of nitrogens with zero attached hydrogens (tertiary/aromatic N) is 3. The molecule has 2 rings (SSSR count). The van der Waals surface area contributed by atoms with Crippen LogP contribution in [0.5, 0.6) is 0 Å². The molecule has 122 valence electrons. The first-order valence-electron chi connectivity index (χ1n) is 7.62. The van der Waals surface area contributed by atoms with Crippen LogP contribution in [-0.4, -0.2) is 38.5 Å². The third kappa shape index (κ3) is 3.83. The maximum Gasteiger partial charge on any atom is 0.282 e. The van der Waals surface area contributed by atoms with Gasteiger partial charge in [-0.25, -0.2) is 13.8 Å². The topological polar surface area (TPSA) is 96.9 Å². The van der Waals surface area contributed by atoms with Crippen LogP contribution in [0.1, 0.15) is 26.7 Å². The number of carbonyl (C=O) groups is 1. The molecule has 2 aromatic heterocycles. The molecule has 0 bridgehead atoms. The Bertz CT molecular complexity index is 851. The Hall–Kier alpha value is -2.49. The van der Waals surface area contributed by atoms with Crippen molar-refractivity contribution in [3.8, 4) is 0 Å². The Balaban J connectivity index is 2.49. The van der Waals surface area contributed by atoms with E-state index in [-0.39, 0.29) is 16.4 Å². The normalized spacial score (nSPS) is 14.5. The number of halogens is 2. The zero-order valence-electron chi connectivity index (χ0n) is 14.7. The summed E-state index contributed by atoms with van der Waals surface area (Å²) < 4.78 is 58.8. The average Bonchev–Trinajstić information content (AvgIpc) is 2.53. The summed E-state index contributed by atoms with van der Waals surface area (Å²) in [6.45, 7) is -2.81. The lowest BCUT2D eigenvalue weighted by atomic mass is 10.2. The van der Waals surface area contributed by atoms with E-state index in [1.54, 1.807) is 5.32 Å². The van der Waals surface area contributed by atoms with Gasteiger partial charge in [-0.15, -0.1) is 10.2 Å². The molecule has 1 atom stereocenters. The first kappa shape index (κ1) is 13.0. The number of anilines is 2. The molecule has 2 heterocycles. The summed E-state index contributed by atoms with van der Waals surface area (Å²) in [6.07, 6.45) is -0.213. The van der Waals surface area contributed by atoms with Crippen molar-refractivity contribution in [2.24, 2.45) is 0 Å². The quantitative estimate of drug-likeness (QED) is 0.856. The first-order chi connectivity index (χ1) is 12.1. The van der Waals surface area contributed by atoms with E-state index in [1.807, 2.05) is 0 Å². The molecule has 0 aromatic carbocycles. The van der Waals surface area contributed by atoms with Crippen molar-refractivity contribution in [3.63, 3.8) is 0 Å². The van der Waals surface area contributed by atoms with Crippen molar-refractivity contribution in [2.75, 3.05) is 18.5 Å². The number of hydrogen-bond donors (Lipinski definition) is 2. The number of aromatic nitrogens is 3. The first-order valence-corrected chi connectivity index (χ1v) is 7.68. The zero-order chi connectivity index (χ0) is 19.5. The lowest BCUT2D eigenvalue weighted by Gasteiger charge is -2.12.